The zero-order valence-electron chi connectivity index (χ0n) is 15.0. The molecule has 0 radical (unpaired) electrons. The average Bonchev–Trinajstić information content (AvgIpc) is 2.65. The van der Waals surface area contributed by atoms with E-state index in [2.05, 4.69) is 35.4 Å². The number of benzene rings is 2. The maximum absolute atomic E-state index is 13.6. The molecule has 0 bridgehead atoms. The Kier molecular flexibility index (Phi) is 6.29. The van der Waals surface area contributed by atoms with Gasteiger partial charge in [0.15, 0.2) is 0 Å². The summed E-state index contributed by atoms with van der Waals surface area (Å²) in [5.41, 5.74) is 1.85. The molecule has 0 unspecified atom stereocenters. The van der Waals surface area contributed by atoms with Crippen molar-refractivity contribution in [2.45, 2.75) is 45.2 Å². The molecular formula is C22H24F2N2. The molecule has 0 aliphatic carbocycles. The second kappa shape index (κ2) is 8.86. The van der Waals surface area contributed by atoms with E-state index in [1.807, 2.05) is 18.5 Å². The van der Waals surface area contributed by atoms with Crippen LogP contribution in [0.5, 0.6) is 0 Å². The van der Waals surface area contributed by atoms with Gasteiger partial charge in [-0.1, -0.05) is 24.6 Å². The van der Waals surface area contributed by atoms with Gasteiger partial charge in [-0.3, -0.25) is 4.98 Å². The van der Waals surface area contributed by atoms with E-state index in [-0.39, 0.29) is 0 Å². The molecule has 2 nitrogen and oxygen atoms in total. The third kappa shape index (κ3) is 5.09. The van der Waals surface area contributed by atoms with Gasteiger partial charge in [0.05, 0.1) is 0 Å². The molecule has 2 aromatic carbocycles. The number of fused-ring (bicyclic) bond motifs is 1. The molecule has 1 N–H and O–H groups in total. The van der Waals surface area contributed by atoms with Crippen LogP contribution < -0.4 is 5.32 Å². The summed E-state index contributed by atoms with van der Waals surface area (Å²) in [6.07, 6.45) is 7.27. The van der Waals surface area contributed by atoms with E-state index in [9.17, 15) is 8.78 Å². The molecule has 0 saturated heterocycles. The summed E-state index contributed by atoms with van der Waals surface area (Å²) in [7, 11) is 0. The number of halogens is 2. The first-order chi connectivity index (χ1) is 12.6. The van der Waals surface area contributed by atoms with Crippen LogP contribution >= 0.6 is 0 Å². The number of hydrogen-bond donors (Lipinski definition) is 1. The predicted molar refractivity (Wildman–Crippen MR) is 102 cm³/mol. The fourth-order valence-corrected chi connectivity index (χ4v) is 3.13. The summed E-state index contributed by atoms with van der Waals surface area (Å²) < 4.78 is 26.5. The van der Waals surface area contributed by atoms with E-state index >= 15 is 0 Å². The predicted octanol–water partition coefficient (Wildman–Crippen LogP) is 5.40. The second-order valence-corrected chi connectivity index (χ2v) is 6.82. The molecular weight excluding hydrogens is 330 g/mol. The van der Waals surface area contributed by atoms with Gasteiger partial charge >= 0.3 is 0 Å². The zero-order valence-corrected chi connectivity index (χ0v) is 15.0. The number of unbranched alkanes of at least 4 members (excludes halogenated alkanes) is 1. The van der Waals surface area contributed by atoms with E-state index in [1.54, 1.807) is 6.07 Å². The lowest BCUT2D eigenvalue weighted by Crippen LogP contribution is -2.25. The molecule has 0 aliphatic rings. The van der Waals surface area contributed by atoms with Gasteiger partial charge in [0.25, 0.3) is 0 Å². The van der Waals surface area contributed by atoms with E-state index in [0.29, 0.717) is 18.0 Å². The van der Waals surface area contributed by atoms with Gasteiger partial charge in [-0.05, 0) is 60.9 Å². The second-order valence-electron chi connectivity index (χ2n) is 6.82. The number of rotatable bonds is 8. The first-order valence-corrected chi connectivity index (χ1v) is 9.12. The molecule has 1 heterocycles. The first-order valence-electron chi connectivity index (χ1n) is 9.12. The normalized spacial score (nSPS) is 12.4. The highest BCUT2D eigenvalue weighted by Gasteiger charge is 2.06. The van der Waals surface area contributed by atoms with Crippen LogP contribution in [0.3, 0.4) is 0 Å². The molecule has 0 amide bonds. The Hall–Kier alpha value is -2.33. The summed E-state index contributed by atoms with van der Waals surface area (Å²) in [6.45, 7) is 3.00. The largest absolute Gasteiger partial charge is 0.310 e. The molecule has 3 aromatic rings. The van der Waals surface area contributed by atoms with Crippen molar-refractivity contribution in [3.63, 3.8) is 0 Å². The molecule has 1 atom stereocenters. The molecule has 0 fully saturated rings. The van der Waals surface area contributed by atoms with Crippen LogP contribution in [-0.2, 0) is 13.0 Å². The van der Waals surface area contributed by atoms with Crippen molar-refractivity contribution < 1.29 is 8.78 Å². The van der Waals surface area contributed by atoms with Crippen molar-refractivity contribution in [3.8, 4) is 0 Å². The molecule has 1 aromatic heterocycles. The SMILES string of the molecule is C[C@H](CCCCc1ccc(F)cc1F)NCc1ccc2cnccc2c1. The van der Waals surface area contributed by atoms with Crippen LogP contribution in [0.4, 0.5) is 8.78 Å². The number of nitrogens with one attached hydrogen (secondary N) is 1. The summed E-state index contributed by atoms with van der Waals surface area (Å²) in [6, 6.07) is 12.7. The van der Waals surface area contributed by atoms with Gasteiger partial charge in [-0.25, -0.2) is 8.78 Å². The summed E-state index contributed by atoms with van der Waals surface area (Å²) in [4.78, 5) is 4.13. The minimum atomic E-state index is -0.519. The Labute approximate surface area is 153 Å². The number of aromatic nitrogens is 1. The van der Waals surface area contributed by atoms with Gasteiger partial charge in [0.2, 0.25) is 0 Å². The molecule has 3 rings (SSSR count). The molecule has 26 heavy (non-hydrogen) atoms. The lowest BCUT2D eigenvalue weighted by Gasteiger charge is -2.14. The number of hydrogen-bond acceptors (Lipinski definition) is 2. The number of nitrogens with zero attached hydrogens (tertiary/aromatic N) is 1. The highest BCUT2D eigenvalue weighted by atomic mass is 19.1. The average molecular weight is 354 g/mol. The van der Waals surface area contributed by atoms with Crippen LogP contribution in [0.25, 0.3) is 10.8 Å². The Balaban J connectivity index is 1.40. The third-order valence-electron chi connectivity index (χ3n) is 4.71. The van der Waals surface area contributed by atoms with E-state index in [0.717, 1.165) is 37.3 Å². The van der Waals surface area contributed by atoms with Gasteiger partial charge in [0, 0.05) is 36.4 Å². The Morgan fingerprint density at radius 3 is 2.73 bits per heavy atom. The lowest BCUT2D eigenvalue weighted by atomic mass is 10.0. The summed E-state index contributed by atoms with van der Waals surface area (Å²) >= 11 is 0. The van der Waals surface area contributed by atoms with Crippen molar-refractivity contribution in [2.75, 3.05) is 0 Å². The molecule has 0 saturated carbocycles. The highest BCUT2D eigenvalue weighted by molar-refractivity contribution is 5.81. The van der Waals surface area contributed by atoms with E-state index < -0.39 is 11.6 Å². The van der Waals surface area contributed by atoms with E-state index in [4.69, 9.17) is 0 Å². The van der Waals surface area contributed by atoms with Crippen LogP contribution in [-0.4, -0.2) is 11.0 Å². The maximum atomic E-state index is 13.6. The molecule has 0 spiro atoms. The lowest BCUT2D eigenvalue weighted by molar-refractivity contribution is 0.486. The third-order valence-corrected chi connectivity index (χ3v) is 4.71. The molecule has 4 heteroatoms. The van der Waals surface area contributed by atoms with E-state index in [1.165, 1.54) is 17.0 Å². The summed E-state index contributed by atoms with van der Waals surface area (Å²) in [5.74, 6) is -0.961. The van der Waals surface area contributed by atoms with Crippen molar-refractivity contribution in [3.05, 3.63) is 77.6 Å². The minimum absolute atomic E-state index is 0.390. The molecule has 136 valence electrons. The Morgan fingerprint density at radius 1 is 1.00 bits per heavy atom. The van der Waals surface area contributed by atoms with Crippen LogP contribution in [0.15, 0.2) is 54.9 Å². The van der Waals surface area contributed by atoms with Crippen LogP contribution in [0.1, 0.15) is 37.3 Å². The quantitative estimate of drug-likeness (QED) is 0.548. The maximum Gasteiger partial charge on any atom is 0.129 e. The number of pyridine rings is 1. The zero-order chi connectivity index (χ0) is 18.4. The van der Waals surface area contributed by atoms with Crippen molar-refractivity contribution >= 4 is 10.8 Å². The van der Waals surface area contributed by atoms with Gasteiger partial charge in [-0.2, -0.15) is 0 Å². The Morgan fingerprint density at radius 2 is 1.88 bits per heavy atom. The minimum Gasteiger partial charge on any atom is -0.310 e. The topological polar surface area (TPSA) is 24.9 Å². The summed E-state index contributed by atoms with van der Waals surface area (Å²) in [5, 5.41) is 5.89. The number of aryl methyl sites for hydroxylation is 1. The molecule has 0 aliphatic heterocycles. The van der Waals surface area contributed by atoms with Crippen LogP contribution in [0.2, 0.25) is 0 Å². The van der Waals surface area contributed by atoms with Crippen molar-refractivity contribution in [1.29, 1.82) is 0 Å². The first kappa shape index (κ1) is 18.5. The smallest absolute Gasteiger partial charge is 0.129 e. The van der Waals surface area contributed by atoms with Crippen molar-refractivity contribution in [2.24, 2.45) is 0 Å². The standard InChI is InChI=1S/C22H24F2N2/c1-16(4-2-3-5-18-8-9-21(23)13-22(18)24)26-14-17-6-7-20-15-25-11-10-19(20)12-17/h6-13,15-16,26H,2-5,14H2,1H3/t16-/m1/s1. The fourth-order valence-electron chi connectivity index (χ4n) is 3.13. The highest BCUT2D eigenvalue weighted by Crippen LogP contribution is 2.16. The van der Waals surface area contributed by atoms with Crippen LogP contribution in [0, 0.1) is 11.6 Å². The fraction of sp³-hybridized carbons (Fsp3) is 0.318. The Bertz CT molecular complexity index is 864. The van der Waals surface area contributed by atoms with Gasteiger partial charge in [-0.15, -0.1) is 0 Å². The monoisotopic (exact) mass is 354 g/mol. The van der Waals surface area contributed by atoms with Gasteiger partial charge < -0.3 is 5.32 Å². The van der Waals surface area contributed by atoms with Gasteiger partial charge in [0.1, 0.15) is 11.6 Å². The van der Waals surface area contributed by atoms with Crippen molar-refractivity contribution in [1.82, 2.24) is 10.3 Å².